The summed E-state index contributed by atoms with van der Waals surface area (Å²) < 4.78 is 10.4. The van der Waals surface area contributed by atoms with E-state index in [0.29, 0.717) is 0 Å². The molecule has 2 unspecified atom stereocenters. The van der Waals surface area contributed by atoms with Gasteiger partial charge < -0.3 is 9.47 Å². The van der Waals surface area contributed by atoms with E-state index in [4.69, 9.17) is 26.5 Å². The number of fused-ring (bicyclic) bond motifs is 2. The van der Waals surface area contributed by atoms with Crippen LogP contribution in [-0.2, 0) is 30.3 Å². The van der Waals surface area contributed by atoms with E-state index >= 15 is 0 Å². The summed E-state index contributed by atoms with van der Waals surface area (Å²) in [4.78, 5) is 0. The zero-order chi connectivity index (χ0) is 18.1. The van der Waals surface area contributed by atoms with Gasteiger partial charge in [0.1, 0.15) is 0 Å². The van der Waals surface area contributed by atoms with Gasteiger partial charge in [0, 0.05) is 26.4 Å². The monoisotopic (exact) mass is 450 g/mol. The Morgan fingerprint density at radius 1 is 0.760 bits per heavy atom. The fraction of sp³-hybridized carbons (Fsp3) is 0.200. The van der Waals surface area contributed by atoms with E-state index < -0.39 is 20.8 Å². The molecule has 0 saturated carbocycles. The summed E-state index contributed by atoms with van der Waals surface area (Å²) in [6.45, 7) is 0. The minimum absolute atomic E-state index is 0.0474. The quantitative estimate of drug-likeness (QED) is 0.538. The van der Waals surface area contributed by atoms with Crippen LogP contribution in [0, 0.1) is 12.2 Å². The van der Waals surface area contributed by atoms with Gasteiger partial charge in [0.25, 0.3) is 0 Å². The van der Waals surface area contributed by atoms with Crippen molar-refractivity contribution in [2.75, 3.05) is 14.2 Å². The maximum absolute atomic E-state index is 5.20. The molecule has 5 heteroatoms. The zero-order valence-electron chi connectivity index (χ0n) is 14.0. The number of ether oxygens (including phenoxy) is 2. The van der Waals surface area contributed by atoms with E-state index in [-0.39, 0.29) is 12.2 Å². The molecule has 2 aliphatic carbocycles. The van der Waals surface area contributed by atoms with Gasteiger partial charge in [-0.15, -0.1) is 23.3 Å². The van der Waals surface area contributed by atoms with E-state index in [1.165, 1.54) is 22.3 Å². The molecule has 0 aromatic heterocycles. The maximum atomic E-state index is 5.20. The molecule has 2 atom stereocenters. The number of methoxy groups -OCH3 is 2. The van der Waals surface area contributed by atoms with Crippen LogP contribution in [0.2, 0.25) is 0 Å². The fourth-order valence-electron chi connectivity index (χ4n) is 2.66. The molecule has 2 aromatic rings. The van der Waals surface area contributed by atoms with Crippen LogP contribution in [0.4, 0.5) is 0 Å². The van der Waals surface area contributed by atoms with E-state index in [1.807, 2.05) is 36.4 Å². The Kier molecular flexibility index (Phi) is 9.16. The predicted molar refractivity (Wildman–Crippen MR) is 99.5 cm³/mol. The van der Waals surface area contributed by atoms with Gasteiger partial charge in [-0.2, -0.15) is 11.1 Å². The minimum atomic E-state index is -0.826. The van der Waals surface area contributed by atoms with Gasteiger partial charge >= 0.3 is 37.9 Å². The first-order chi connectivity index (χ1) is 12.2. The molecule has 2 aromatic carbocycles. The molecule has 2 aliphatic rings. The van der Waals surface area contributed by atoms with Crippen LogP contribution >= 0.6 is 17.0 Å². The van der Waals surface area contributed by atoms with E-state index in [2.05, 4.69) is 36.4 Å². The summed E-state index contributed by atoms with van der Waals surface area (Å²) in [5, 5.41) is 0. The summed E-state index contributed by atoms with van der Waals surface area (Å²) in [5.41, 5.74) is 4.88. The third-order valence-corrected chi connectivity index (χ3v) is 3.81. The van der Waals surface area contributed by atoms with Crippen LogP contribution in [-0.4, -0.2) is 14.2 Å². The number of hydrogen-bond donors (Lipinski definition) is 0. The Balaban J connectivity index is 0.000000156. The molecule has 2 nitrogen and oxygen atoms in total. The van der Waals surface area contributed by atoms with Crippen molar-refractivity contribution >= 4 is 29.2 Å². The van der Waals surface area contributed by atoms with Gasteiger partial charge in [-0.05, 0) is 0 Å². The van der Waals surface area contributed by atoms with E-state index in [9.17, 15) is 0 Å². The summed E-state index contributed by atoms with van der Waals surface area (Å²) in [6, 6.07) is 16.4. The molecule has 0 heterocycles. The van der Waals surface area contributed by atoms with Gasteiger partial charge in [-0.1, -0.05) is 36.4 Å². The summed E-state index contributed by atoms with van der Waals surface area (Å²) in [5.74, 6) is 0. The number of rotatable bonds is 2. The second-order valence-electron chi connectivity index (χ2n) is 5.18. The van der Waals surface area contributed by atoms with Gasteiger partial charge in [0.2, 0.25) is 0 Å². The van der Waals surface area contributed by atoms with Crippen molar-refractivity contribution in [3.63, 3.8) is 0 Å². The summed E-state index contributed by atoms with van der Waals surface area (Å²) in [7, 11) is 13.3. The van der Waals surface area contributed by atoms with Crippen molar-refractivity contribution in [2.24, 2.45) is 0 Å². The van der Waals surface area contributed by atoms with Gasteiger partial charge in [0.05, 0.1) is 0 Å². The van der Waals surface area contributed by atoms with Gasteiger partial charge in [-0.3, -0.25) is 0 Å². The zero-order valence-corrected chi connectivity index (χ0v) is 18.0. The molecular formula is C20H18Cl2O2Zr. The molecular weight excluding hydrogens is 434 g/mol. The molecule has 0 N–H and O–H groups in total. The molecule has 0 radical (unpaired) electrons. The Labute approximate surface area is 168 Å². The normalized spacial score (nSPS) is 18.2. The van der Waals surface area contributed by atoms with Gasteiger partial charge in [0.15, 0.2) is 0 Å². The number of benzene rings is 2. The first-order valence-corrected chi connectivity index (χ1v) is 14.0. The molecule has 0 saturated heterocycles. The van der Waals surface area contributed by atoms with Crippen molar-refractivity contribution in [2.45, 2.75) is 12.2 Å². The SMILES string of the molecule is COC1[C-]=Cc2ccccc21.COC1[C-]=Cc2ccccc21.[Cl][Zr+2][Cl]. The van der Waals surface area contributed by atoms with Crippen LogP contribution in [0.1, 0.15) is 34.5 Å². The number of halogens is 2. The Hall–Kier alpha value is -0.697. The third-order valence-electron chi connectivity index (χ3n) is 3.81. The second-order valence-corrected chi connectivity index (χ2v) is 8.91. The topological polar surface area (TPSA) is 18.5 Å². The Bertz CT molecular complexity index is 670. The van der Waals surface area contributed by atoms with Crippen LogP contribution in [0.5, 0.6) is 0 Å². The number of hydrogen-bond acceptors (Lipinski definition) is 2. The van der Waals surface area contributed by atoms with Crippen molar-refractivity contribution in [1.82, 2.24) is 0 Å². The van der Waals surface area contributed by atoms with E-state index in [1.54, 1.807) is 14.2 Å². The standard InChI is InChI=1S/2C10H9O.2ClH.Zr/c2*1-11-10-7-6-8-4-2-3-5-9(8)10;;;/h2*2-6,10H,1H3;2*1H;/q2*-1;;;+4/p-2. The second kappa shape index (κ2) is 11.1. The molecule has 4 rings (SSSR count). The van der Waals surface area contributed by atoms with Crippen molar-refractivity contribution in [3.8, 4) is 0 Å². The Morgan fingerprint density at radius 3 is 1.48 bits per heavy atom. The first kappa shape index (κ1) is 20.6. The molecule has 0 spiro atoms. The first-order valence-electron chi connectivity index (χ1n) is 7.63. The van der Waals surface area contributed by atoms with Crippen molar-refractivity contribution < 1.29 is 30.3 Å². The molecule has 25 heavy (non-hydrogen) atoms. The van der Waals surface area contributed by atoms with Crippen LogP contribution in [0.25, 0.3) is 12.2 Å². The van der Waals surface area contributed by atoms with Crippen LogP contribution < -0.4 is 0 Å². The predicted octanol–water partition coefficient (Wildman–Crippen LogP) is 5.78. The Morgan fingerprint density at radius 2 is 1.12 bits per heavy atom. The van der Waals surface area contributed by atoms with Crippen molar-refractivity contribution in [3.05, 3.63) is 82.9 Å². The fourth-order valence-corrected chi connectivity index (χ4v) is 2.66. The summed E-state index contributed by atoms with van der Waals surface area (Å²) in [6.07, 6.45) is 10.3. The van der Waals surface area contributed by atoms with E-state index in [0.717, 1.165) is 0 Å². The molecule has 128 valence electrons. The molecule has 0 bridgehead atoms. The molecule has 0 amide bonds. The average Bonchev–Trinajstić information content (AvgIpc) is 3.26. The van der Waals surface area contributed by atoms with Crippen LogP contribution in [0.3, 0.4) is 0 Å². The average molecular weight is 452 g/mol. The summed E-state index contributed by atoms with van der Waals surface area (Å²) >= 11 is -0.826. The molecule has 0 fully saturated rings. The van der Waals surface area contributed by atoms with Crippen LogP contribution in [0.15, 0.2) is 48.5 Å². The third kappa shape index (κ3) is 5.64. The van der Waals surface area contributed by atoms with Gasteiger partial charge in [-0.25, -0.2) is 24.3 Å². The van der Waals surface area contributed by atoms with Crippen molar-refractivity contribution in [1.29, 1.82) is 0 Å². The molecule has 0 aliphatic heterocycles.